The van der Waals surface area contributed by atoms with E-state index in [9.17, 15) is 19.7 Å². The van der Waals surface area contributed by atoms with Crippen molar-refractivity contribution in [1.29, 1.82) is 0 Å². The summed E-state index contributed by atoms with van der Waals surface area (Å²) in [5, 5.41) is 10.7. The second kappa shape index (κ2) is 12.6. The Morgan fingerprint density at radius 3 is 2.07 bits per heavy atom. The lowest BCUT2D eigenvalue weighted by Gasteiger charge is -2.20. The Bertz CT molecular complexity index is 695. The Labute approximate surface area is 167 Å². The van der Waals surface area contributed by atoms with Gasteiger partial charge in [0.05, 0.1) is 4.92 Å². The van der Waals surface area contributed by atoms with Gasteiger partial charge in [-0.05, 0) is 30.2 Å². The smallest absolute Gasteiger partial charge is 0.269 e. The van der Waals surface area contributed by atoms with Crippen LogP contribution in [0.25, 0.3) is 5.57 Å². The molecule has 6 nitrogen and oxygen atoms in total. The number of carbonyl (C=O) groups is 2. The molecule has 1 aromatic rings. The predicted octanol–water partition coefficient (Wildman–Crippen LogP) is 5.29. The maximum absolute atomic E-state index is 12.7. The second-order valence-corrected chi connectivity index (χ2v) is 6.76. The average molecular weight is 386 g/mol. The van der Waals surface area contributed by atoms with Gasteiger partial charge in [-0.1, -0.05) is 65.0 Å². The third kappa shape index (κ3) is 7.47. The molecule has 0 saturated carbocycles. The molecule has 0 aliphatic carbocycles. The summed E-state index contributed by atoms with van der Waals surface area (Å²) in [7, 11) is 0. The number of nitro groups is 1. The van der Waals surface area contributed by atoms with Gasteiger partial charge in [-0.25, -0.2) is 0 Å². The molecule has 0 aliphatic heterocycles. The van der Waals surface area contributed by atoms with Gasteiger partial charge in [0.15, 0.2) is 0 Å². The first-order valence-corrected chi connectivity index (χ1v) is 9.84. The molecule has 1 rings (SSSR count). The van der Waals surface area contributed by atoms with E-state index < -0.39 is 16.7 Å². The van der Waals surface area contributed by atoms with Crippen molar-refractivity contribution in [3.63, 3.8) is 0 Å². The summed E-state index contributed by atoms with van der Waals surface area (Å²) >= 11 is 0. The first-order valence-electron chi connectivity index (χ1n) is 9.84. The molecule has 152 valence electrons. The molecule has 6 heteroatoms. The van der Waals surface area contributed by atoms with Crippen LogP contribution in [-0.2, 0) is 9.59 Å². The standard InChI is InChI=1S/C22H30N2O4/c1-4-6-7-8-9-10-11-12-17-23(21(25)5-2)22(26)18(3)19-13-15-20(16-14-19)24(27)28/h5,13-16H,2-4,6-12,17H2,1H3. The summed E-state index contributed by atoms with van der Waals surface area (Å²) in [5.41, 5.74) is 0.514. The summed E-state index contributed by atoms with van der Waals surface area (Å²) in [6.07, 6.45) is 10.0. The zero-order chi connectivity index (χ0) is 20.9. The maximum atomic E-state index is 12.7. The van der Waals surface area contributed by atoms with Crippen LogP contribution in [-0.4, -0.2) is 28.2 Å². The molecule has 2 amide bonds. The number of carbonyl (C=O) groups excluding carboxylic acids is 2. The molecule has 0 fully saturated rings. The third-order valence-corrected chi connectivity index (χ3v) is 4.61. The first-order chi connectivity index (χ1) is 13.4. The highest BCUT2D eigenvalue weighted by molar-refractivity contribution is 6.23. The van der Waals surface area contributed by atoms with Gasteiger partial charge in [-0.15, -0.1) is 0 Å². The molecule has 0 N–H and O–H groups in total. The van der Waals surface area contributed by atoms with Crippen LogP contribution in [0.1, 0.15) is 63.9 Å². The zero-order valence-electron chi connectivity index (χ0n) is 16.7. The Hall–Kier alpha value is -2.76. The summed E-state index contributed by atoms with van der Waals surface area (Å²) in [6.45, 7) is 9.74. The van der Waals surface area contributed by atoms with Crippen LogP contribution in [0.3, 0.4) is 0 Å². The monoisotopic (exact) mass is 386 g/mol. The molecule has 0 spiro atoms. The normalized spacial score (nSPS) is 10.3. The second-order valence-electron chi connectivity index (χ2n) is 6.76. The van der Waals surface area contributed by atoms with Crippen LogP contribution in [0.5, 0.6) is 0 Å². The van der Waals surface area contributed by atoms with Crippen molar-refractivity contribution in [2.45, 2.75) is 58.3 Å². The van der Waals surface area contributed by atoms with Gasteiger partial charge in [-0.3, -0.25) is 24.6 Å². The molecule has 28 heavy (non-hydrogen) atoms. The van der Waals surface area contributed by atoms with Crippen LogP contribution in [0.2, 0.25) is 0 Å². The van der Waals surface area contributed by atoms with Crippen molar-refractivity contribution in [2.24, 2.45) is 0 Å². The van der Waals surface area contributed by atoms with Crippen LogP contribution >= 0.6 is 0 Å². The molecule has 0 bridgehead atoms. The number of hydrogen-bond donors (Lipinski definition) is 0. The Balaban J connectivity index is 2.61. The third-order valence-electron chi connectivity index (χ3n) is 4.61. The molecule has 0 atom stereocenters. The molecule has 0 aliphatic rings. The van der Waals surface area contributed by atoms with E-state index >= 15 is 0 Å². The van der Waals surface area contributed by atoms with E-state index in [1.54, 1.807) is 0 Å². The number of imide groups is 1. The van der Waals surface area contributed by atoms with Crippen LogP contribution < -0.4 is 0 Å². The van der Waals surface area contributed by atoms with Gasteiger partial charge in [0.2, 0.25) is 0 Å². The van der Waals surface area contributed by atoms with E-state index in [0.29, 0.717) is 12.1 Å². The Morgan fingerprint density at radius 2 is 1.57 bits per heavy atom. The SMILES string of the molecule is C=CC(=O)N(CCCCCCCCCC)C(=O)C(=C)c1ccc([N+](=O)[O-])cc1. The molecule has 0 aromatic heterocycles. The summed E-state index contributed by atoms with van der Waals surface area (Å²) in [5.74, 6) is -0.960. The van der Waals surface area contributed by atoms with Crippen molar-refractivity contribution < 1.29 is 14.5 Å². The molecule has 1 aromatic carbocycles. The summed E-state index contributed by atoms with van der Waals surface area (Å²) < 4.78 is 0. The van der Waals surface area contributed by atoms with Crippen LogP contribution in [0.4, 0.5) is 5.69 Å². The molecule has 0 radical (unpaired) electrons. The number of amides is 2. The highest BCUT2D eigenvalue weighted by atomic mass is 16.6. The summed E-state index contributed by atoms with van der Waals surface area (Å²) in [4.78, 5) is 36.2. The van der Waals surface area contributed by atoms with E-state index in [1.165, 1.54) is 56.4 Å². The largest absolute Gasteiger partial charge is 0.275 e. The lowest BCUT2D eigenvalue weighted by Crippen LogP contribution is -2.36. The number of unbranched alkanes of at least 4 members (excludes halogenated alkanes) is 7. The van der Waals surface area contributed by atoms with Crippen molar-refractivity contribution in [3.8, 4) is 0 Å². The average Bonchev–Trinajstić information content (AvgIpc) is 2.71. The van der Waals surface area contributed by atoms with E-state index in [0.717, 1.165) is 30.2 Å². The lowest BCUT2D eigenvalue weighted by atomic mass is 10.0. The fourth-order valence-electron chi connectivity index (χ4n) is 2.90. The topological polar surface area (TPSA) is 80.5 Å². The molecule has 0 heterocycles. The van der Waals surface area contributed by atoms with E-state index in [1.807, 2.05) is 0 Å². The Kier molecular flexibility index (Phi) is 10.5. The minimum absolute atomic E-state index is 0.0676. The molecular formula is C22H30N2O4. The fraction of sp³-hybridized carbons (Fsp3) is 0.455. The van der Waals surface area contributed by atoms with Gasteiger partial charge in [0.1, 0.15) is 0 Å². The van der Waals surface area contributed by atoms with E-state index in [2.05, 4.69) is 20.1 Å². The van der Waals surface area contributed by atoms with Gasteiger partial charge in [0, 0.05) is 24.3 Å². The minimum atomic E-state index is -0.510. The van der Waals surface area contributed by atoms with Crippen molar-refractivity contribution in [3.05, 3.63) is 59.2 Å². The first kappa shape index (κ1) is 23.3. The van der Waals surface area contributed by atoms with Gasteiger partial charge >= 0.3 is 0 Å². The van der Waals surface area contributed by atoms with Crippen LogP contribution in [0.15, 0.2) is 43.5 Å². The molecular weight excluding hydrogens is 356 g/mol. The molecule has 0 unspecified atom stereocenters. The van der Waals surface area contributed by atoms with Crippen molar-refractivity contribution >= 4 is 23.1 Å². The maximum Gasteiger partial charge on any atom is 0.269 e. The van der Waals surface area contributed by atoms with Crippen molar-refractivity contribution in [2.75, 3.05) is 6.54 Å². The number of rotatable bonds is 13. The highest BCUT2D eigenvalue weighted by Crippen LogP contribution is 2.20. The number of benzene rings is 1. The fourth-order valence-corrected chi connectivity index (χ4v) is 2.90. The summed E-state index contributed by atoms with van der Waals surface area (Å²) in [6, 6.07) is 5.55. The van der Waals surface area contributed by atoms with Crippen LogP contribution in [0, 0.1) is 10.1 Å². The van der Waals surface area contributed by atoms with E-state index in [4.69, 9.17) is 0 Å². The van der Waals surface area contributed by atoms with E-state index in [-0.39, 0.29) is 11.3 Å². The highest BCUT2D eigenvalue weighted by Gasteiger charge is 2.22. The van der Waals surface area contributed by atoms with Gasteiger partial charge in [-0.2, -0.15) is 0 Å². The number of nitro benzene ring substituents is 1. The minimum Gasteiger partial charge on any atom is -0.275 e. The Morgan fingerprint density at radius 1 is 1.04 bits per heavy atom. The number of hydrogen-bond acceptors (Lipinski definition) is 4. The predicted molar refractivity (Wildman–Crippen MR) is 112 cm³/mol. The quantitative estimate of drug-likeness (QED) is 0.200. The molecule has 0 saturated heterocycles. The van der Waals surface area contributed by atoms with Crippen molar-refractivity contribution in [1.82, 2.24) is 4.90 Å². The van der Waals surface area contributed by atoms with Gasteiger partial charge in [0.25, 0.3) is 17.5 Å². The van der Waals surface area contributed by atoms with Gasteiger partial charge < -0.3 is 0 Å². The zero-order valence-corrected chi connectivity index (χ0v) is 16.7. The number of non-ortho nitro benzene ring substituents is 1. The lowest BCUT2D eigenvalue weighted by molar-refractivity contribution is -0.384. The number of nitrogens with zero attached hydrogens (tertiary/aromatic N) is 2.